The van der Waals surface area contributed by atoms with Crippen LogP contribution >= 0.6 is 27.7 Å². The van der Waals surface area contributed by atoms with E-state index in [0.717, 1.165) is 58.8 Å². The SMILES string of the molecule is C[C@H](O)C(=O)N1CCC(CCn2cnc(=N)c3[nH]c(Sc4cc5c(cc4Br)CCC5)nc32)CC1. The molecule has 34 heavy (non-hydrogen) atoms. The van der Waals surface area contributed by atoms with E-state index in [1.807, 2.05) is 4.57 Å². The number of amides is 1. The number of halogens is 1. The summed E-state index contributed by atoms with van der Waals surface area (Å²) in [4.78, 5) is 27.3. The molecule has 0 spiro atoms. The third-order valence-electron chi connectivity index (χ3n) is 6.91. The van der Waals surface area contributed by atoms with Gasteiger partial charge in [0.25, 0.3) is 5.91 Å². The average Bonchev–Trinajstić information content (AvgIpc) is 3.46. The Kier molecular flexibility index (Phi) is 6.81. The fourth-order valence-electron chi connectivity index (χ4n) is 4.96. The first kappa shape index (κ1) is 23.6. The van der Waals surface area contributed by atoms with Crippen LogP contribution in [0.5, 0.6) is 0 Å². The predicted octanol–water partition coefficient (Wildman–Crippen LogP) is 3.65. The van der Waals surface area contributed by atoms with E-state index in [1.165, 1.54) is 24.5 Å². The first-order valence-corrected chi connectivity index (χ1v) is 13.5. The van der Waals surface area contributed by atoms with Gasteiger partial charge in [-0.15, -0.1) is 0 Å². The number of fused-ring (bicyclic) bond motifs is 2. The van der Waals surface area contributed by atoms with Gasteiger partial charge < -0.3 is 19.6 Å². The lowest BCUT2D eigenvalue weighted by molar-refractivity contribution is -0.140. The van der Waals surface area contributed by atoms with Gasteiger partial charge in [-0.3, -0.25) is 10.2 Å². The molecular weight excluding hydrogens is 516 g/mol. The Morgan fingerprint density at radius 2 is 2.06 bits per heavy atom. The van der Waals surface area contributed by atoms with Gasteiger partial charge >= 0.3 is 0 Å². The summed E-state index contributed by atoms with van der Waals surface area (Å²) in [6.07, 6.45) is 7.08. The molecule has 180 valence electrons. The summed E-state index contributed by atoms with van der Waals surface area (Å²) in [6, 6.07) is 4.48. The first-order valence-electron chi connectivity index (χ1n) is 11.8. The fraction of sp³-hybridized carbons (Fsp3) is 0.500. The highest BCUT2D eigenvalue weighted by molar-refractivity contribution is 9.10. The zero-order valence-electron chi connectivity index (χ0n) is 19.2. The largest absolute Gasteiger partial charge is 0.384 e. The second kappa shape index (κ2) is 9.83. The minimum absolute atomic E-state index is 0.179. The highest BCUT2D eigenvalue weighted by atomic mass is 79.9. The Morgan fingerprint density at radius 1 is 1.32 bits per heavy atom. The van der Waals surface area contributed by atoms with Crippen molar-refractivity contribution in [2.75, 3.05) is 13.1 Å². The lowest BCUT2D eigenvalue weighted by Crippen LogP contribution is -2.43. The Morgan fingerprint density at radius 3 is 2.79 bits per heavy atom. The van der Waals surface area contributed by atoms with Gasteiger partial charge in [-0.05, 0) is 90.6 Å². The molecule has 0 radical (unpaired) electrons. The normalized spacial score (nSPS) is 17.3. The first-order chi connectivity index (χ1) is 16.4. The van der Waals surface area contributed by atoms with Gasteiger partial charge in [0.1, 0.15) is 11.6 Å². The van der Waals surface area contributed by atoms with E-state index in [-0.39, 0.29) is 11.4 Å². The minimum Gasteiger partial charge on any atom is -0.384 e. The van der Waals surface area contributed by atoms with Crippen LogP contribution in [0.3, 0.4) is 0 Å². The number of aliphatic hydroxyl groups is 1. The number of carbonyl (C=O) groups excluding carboxylic acids is 1. The van der Waals surface area contributed by atoms with Crippen molar-refractivity contribution in [3.63, 3.8) is 0 Å². The Bertz CT molecular complexity index is 1280. The third kappa shape index (κ3) is 4.81. The molecule has 3 N–H and O–H groups in total. The van der Waals surface area contributed by atoms with Gasteiger partial charge in [-0.1, -0.05) is 11.8 Å². The number of hydrogen-bond donors (Lipinski definition) is 3. The quantitative estimate of drug-likeness (QED) is 0.438. The second-order valence-corrected chi connectivity index (χ2v) is 11.2. The standard InChI is InChI=1S/C24H29BrN6O2S/c1-14(32)23(33)30-8-5-15(6-9-30)7-10-31-13-27-21(26)20-22(31)29-24(28-20)34-19-12-17-4-2-3-16(17)11-18(19)25/h11-15,26,32H,2-10H2,1H3,(H,28,29)/t14-/m0/s1. The van der Waals surface area contributed by atoms with Crippen molar-refractivity contribution in [3.8, 4) is 0 Å². The summed E-state index contributed by atoms with van der Waals surface area (Å²) in [6.45, 7) is 3.67. The van der Waals surface area contributed by atoms with Crippen LogP contribution in [0.1, 0.15) is 43.7 Å². The van der Waals surface area contributed by atoms with Crippen molar-refractivity contribution in [2.45, 2.75) is 68.1 Å². The van der Waals surface area contributed by atoms with Gasteiger partial charge in [-0.25, -0.2) is 9.97 Å². The third-order valence-corrected chi connectivity index (χ3v) is 8.78. The summed E-state index contributed by atoms with van der Waals surface area (Å²) in [5.74, 6) is 0.327. The molecule has 1 atom stereocenters. The van der Waals surface area contributed by atoms with Crippen molar-refractivity contribution in [1.82, 2.24) is 24.4 Å². The molecule has 10 heteroatoms. The van der Waals surface area contributed by atoms with Gasteiger partial charge in [0.05, 0.1) is 6.33 Å². The predicted molar refractivity (Wildman–Crippen MR) is 134 cm³/mol. The zero-order chi connectivity index (χ0) is 23.8. The number of nitrogens with one attached hydrogen (secondary N) is 2. The molecule has 8 nitrogen and oxygen atoms in total. The molecule has 0 unspecified atom stereocenters. The number of aliphatic hydroxyl groups excluding tert-OH is 1. The van der Waals surface area contributed by atoms with Crippen molar-refractivity contribution in [1.29, 1.82) is 5.41 Å². The summed E-state index contributed by atoms with van der Waals surface area (Å²) in [5, 5.41) is 18.5. The molecule has 5 rings (SSSR count). The number of hydrogen-bond acceptors (Lipinski definition) is 6. The molecule has 1 aliphatic heterocycles. The van der Waals surface area contributed by atoms with Crippen LogP contribution in [0.15, 0.2) is 33.0 Å². The Hall–Kier alpha value is -2.17. The number of aryl methyl sites for hydroxylation is 3. The number of aromatic nitrogens is 4. The smallest absolute Gasteiger partial charge is 0.251 e. The molecule has 2 aromatic heterocycles. The molecular formula is C24H29BrN6O2S. The van der Waals surface area contributed by atoms with Crippen molar-refractivity contribution < 1.29 is 9.90 Å². The van der Waals surface area contributed by atoms with E-state index in [4.69, 9.17) is 10.4 Å². The summed E-state index contributed by atoms with van der Waals surface area (Å²) in [7, 11) is 0. The number of benzene rings is 1. The number of rotatable bonds is 6. The fourth-order valence-corrected chi connectivity index (χ4v) is 6.44. The molecule has 1 aromatic carbocycles. The van der Waals surface area contributed by atoms with Crippen molar-refractivity contribution >= 4 is 44.8 Å². The minimum atomic E-state index is -0.931. The van der Waals surface area contributed by atoms with Gasteiger partial charge in [0.2, 0.25) is 0 Å². The monoisotopic (exact) mass is 544 g/mol. The van der Waals surface area contributed by atoms with E-state index >= 15 is 0 Å². The van der Waals surface area contributed by atoms with Crippen LogP contribution in [0, 0.1) is 11.3 Å². The molecule has 3 heterocycles. The van der Waals surface area contributed by atoms with Crippen LogP contribution in [0.4, 0.5) is 0 Å². The van der Waals surface area contributed by atoms with Crippen LogP contribution in [-0.4, -0.2) is 54.6 Å². The van der Waals surface area contributed by atoms with E-state index < -0.39 is 6.10 Å². The summed E-state index contributed by atoms with van der Waals surface area (Å²) < 4.78 is 3.11. The lowest BCUT2D eigenvalue weighted by atomic mass is 9.93. The van der Waals surface area contributed by atoms with E-state index in [2.05, 4.69) is 38.0 Å². The lowest BCUT2D eigenvalue weighted by Gasteiger charge is -2.32. The average molecular weight is 546 g/mol. The molecule has 3 aromatic rings. The van der Waals surface area contributed by atoms with E-state index in [1.54, 1.807) is 23.0 Å². The van der Waals surface area contributed by atoms with Crippen LogP contribution in [0.2, 0.25) is 0 Å². The molecule has 0 bridgehead atoms. The van der Waals surface area contributed by atoms with Crippen molar-refractivity contribution in [2.24, 2.45) is 5.92 Å². The molecule has 2 aliphatic rings. The highest BCUT2D eigenvalue weighted by Gasteiger charge is 2.25. The number of H-pyrrole nitrogens is 1. The van der Waals surface area contributed by atoms with Crippen molar-refractivity contribution in [3.05, 3.63) is 39.5 Å². The summed E-state index contributed by atoms with van der Waals surface area (Å²) >= 11 is 5.29. The maximum atomic E-state index is 12.0. The van der Waals surface area contributed by atoms with Gasteiger partial charge in [0.15, 0.2) is 16.3 Å². The van der Waals surface area contributed by atoms with Crippen LogP contribution in [0.25, 0.3) is 11.2 Å². The second-order valence-electron chi connectivity index (χ2n) is 9.27. The Labute approximate surface area is 210 Å². The van der Waals surface area contributed by atoms with Crippen LogP contribution in [-0.2, 0) is 24.2 Å². The Balaban J connectivity index is 1.29. The van der Waals surface area contributed by atoms with Crippen LogP contribution < -0.4 is 5.49 Å². The molecule has 1 fully saturated rings. The van der Waals surface area contributed by atoms with Gasteiger partial charge in [-0.2, -0.15) is 0 Å². The van der Waals surface area contributed by atoms with E-state index in [0.29, 0.717) is 24.5 Å². The number of nitrogens with zero attached hydrogens (tertiary/aromatic N) is 4. The number of carbonyl (C=O) groups is 1. The number of likely N-dealkylation sites (tertiary alicyclic amines) is 1. The molecule has 0 saturated carbocycles. The number of piperidine rings is 1. The maximum Gasteiger partial charge on any atom is 0.251 e. The topological polar surface area (TPSA) is 111 Å². The number of imidazole rings is 1. The zero-order valence-corrected chi connectivity index (χ0v) is 21.6. The maximum absolute atomic E-state index is 12.0. The molecule has 1 amide bonds. The van der Waals surface area contributed by atoms with Gasteiger partial charge in [0, 0.05) is 29.0 Å². The molecule has 1 saturated heterocycles. The molecule has 1 aliphatic carbocycles. The summed E-state index contributed by atoms with van der Waals surface area (Å²) in [5.41, 5.74) is 4.45. The highest BCUT2D eigenvalue weighted by Crippen LogP contribution is 2.37. The van der Waals surface area contributed by atoms with E-state index in [9.17, 15) is 9.90 Å². The number of aromatic amines is 1.